The summed E-state index contributed by atoms with van der Waals surface area (Å²) in [6, 6.07) is 0. The van der Waals surface area contributed by atoms with Crippen LogP contribution >= 0.6 is 0 Å². The highest BCUT2D eigenvalue weighted by Crippen LogP contribution is 2.33. The number of H-pyrrole nitrogens is 1. The summed E-state index contributed by atoms with van der Waals surface area (Å²) in [4.78, 5) is 15.0. The first-order chi connectivity index (χ1) is 11.1. The highest BCUT2D eigenvalue weighted by Gasteiger charge is 2.33. The molecular formula is C18H23N3O2. The van der Waals surface area contributed by atoms with Gasteiger partial charge in [0.05, 0.1) is 11.8 Å². The third-order valence-electron chi connectivity index (χ3n) is 5.31. The molecule has 1 N–H and O–H groups in total. The van der Waals surface area contributed by atoms with Gasteiger partial charge in [-0.25, -0.2) is 0 Å². The van der Waals surface area contributed by atoms with E-state index in [-0.39, 0.29) is 5.91 Å². The molecule has 1 saturated heterocycles. The van der Waals surface area contributed by atoms with Crippen molar-refractivity contribution in [1.29, 1.82) is 0 Å². The predicted octanol–water partition coefficient (Wildman–Crippen LogP) is 3.13. The van der Waals surface area contributed by atoms with Gasteiger partial charge in [0, 0.05) is 36.7 Å². The number of nitrogens with zero attached hydrogens (tertiary/aromatic N) is 2. The maximum Gasteiger partial charge on any atom is 0.257 e. The molecule has 0 unspecified atom stereocenters. The Balaban J connectivity index is 1.57. The minimum atomic E-state index is 0.147. The molecule has 0 radical (unpaired) electrons. The van der Waals surface area contributed by atoms with Crippen LogP contribution in [0.4, 0.5) is 0 Å². The average molecular weight is 313 g/mol. The third kappa shape index (κ3) is 2.38. The lowest BCUT2D eigenvalue weighted by atomic mass is 9.94. The van der Waals surface area contributed by atoms with Crippen LogP contribution in [-0.4, -0.2) is 34.1 Å². The van der Waals surface area contributed by atoms with E-state index >= 15 is 0 Å². The van der Waals surface area contributed by atoms with E-state index in [1.165, 1.54) is 23.2 Å². The first-order valence-electron chi connectivity index (χ1n) is 8.55. The van der Waals surface area contributed by atoms with Gasteiger partial charge in [-0.15, -0.1) is 0 Å². The van der Waals surface area contributed by atoms with E-state index in [9.17, 15) is 4.79 Å². The molecule has 3 heterocycles. The van der Waals surface area contributed by atoms with Crippen molar-refractivity contribution in [3.63, 3.8) is 0 Å². The zero-order valence-electron chi connectivity index (χ0n) is 13.8. The van der Waals surface area contributed by atoms with E-state index in [4.69, 9.17) is 4.42 Å². The maximum atomic E-state index is 13.0. The number of hydrogen-bond donors (Lipinski definition) is 1. The van der Waals surface area contributed by atoms with Gasteiger partial charge in [0.25, 0.3) is 5.91 Å². The van der Waals surface area contributed by atoms with Crippen LogP contribution in [0.5, 0.6) is 0 Å². The molecule has 0 spiro atoms. The number of likely N-dealkylation sites (tertiary alicyclic amines) is 1. The second kappa shape index (κ2) is 5.55. The van der Waals surface area contributed by atoms with Crippen molar-refractivity contribution in [1.82, 2.24) is 15.1 Å². The molecule has 0 bridgehead atoms. The topological polar surface area (TPSA) is 62.1 Å². The largest absolute Gasteiger partial charge is 0.465 e. The number of aromatic amines is 1. The second-order valence-electron chi connectivity index (χ2n) is 6.85. The van der Waals surface area contributed by atoms with E-state index in [0.717, 1.165) is 55.9 Å². The van der Waals surface area contributed by atoms with E-state index < -0.39 is 0 Å². The first-order valence-corrected chi connectivity index (χ1v) is 8.55. The fourth-order valence-electron chi connectivity index (χ4n) is 4.09. The van der Waals surface area contributed by atoms with Crippen molar-refractivity contribution >= 4 is 5.91 Å². The van der Waals surface area contributed by atoms with Crippen LogP contribution in [0.15, 0.2) is 10.6 Å². The monoisotopic (exact) mass is 313 g/mol. The van der Waals surface area contributed by atoms with Gasteiger partial charge in [0.1, 0.15) is 11.5 Å². The number of carbonyl (C=O) groups is 1. The molecule has 0 aromatic carbocycles. The number of rotatable bonds is 2. The summed E-state index contributed by atoms with van der Waals surface area (Å²) < 4.78 is 5.87. The highest BCUT2D eigenvalue weighted by molar-refractivity contribution is 5.97. The van der Waals surface area contributed by atoms with Crippen LogP contribution in [0.3, 0.4) is 0 Å². The molecule has 2 aliphatic rings. The lowest BCUT2D eigenvalue weighted by molar-refractivity contribution is 0.0788. The lowest BCUT2D eigenvalue weighted by Crippen LogP contribution is -2.29. The van der Waals surface area contributed by atoms with Crippen molar-refractivity contribution in [2.75, 3.05) is 13.1 Å². The maximum absolute atomic E-state index is 13.0. The molecule has 4 rings (SSSR count). The molecule has 1 fully saturated rings. The number of carbonyl (C=O) groups excluding carboxylic acids is 1. The van der Waals surface area contributed by atoms with Crippen LogP contribution in [-0.2, 0) is 12.8 Å². The van der Waals surface area contributed by atoms with Gasteiger partial charge < -0.3 is 9.32 Å². The number of aryl methyl sites for hydroxylation is 3. The summed E-state index contributed by atoms with van der Waals surface area (Å²) in [5.74, 6) is 2.35. The Kier molecular flexibility index (Phi) is 3.51. The number of amides is 1. The van der Waals surface area contributed by atoms with Gasteiger partial charge in [0.15, 0.2) is 0 Å². The Labute approximate surface area is 136 Å². The number of fused-ring (bicyclic) bond motifs is 1. The number of hydrogen-bond acceptors (Lipinski definition) is 3. The molecule has 5 heteroatoms. The quantitative estimate of drug-likeness (QED) is 0.926. The van der Waals surface area contributed by atoms with Gasteiger partial charge in [-0.1, -0.05) is 0 Å². The van der Waals surface area contributed by atoms with Crippen LogP contribution in [0.1, 0.15) is 63.9 Å². The summed E-state index contributed by atoms with van der Waals surface area (Å²) in [5, 5.41) is 7.21. The zero-order chi connectivity index (χ0) is 16.0. The van der Waals surface area contributed by atoms with Crippen LogP contribution in [0.25, 0.3) is 0 Å². The van der Waals surface area contributed by atoms with Crippen LogP contribution in [0, 0.1) is 13.8 Å². The SMILES string of the molecule is Cc1cn[nH]c1[C@@H]1CCN(C(=O)c2c(C)oc3c2CCCC3)C1. The molecule has 2 aromatic heterocycles. The predicted molar refractivity (Wildman–Crippen MR) is 86.7 cm³/mol. The van der Waals surface area contributed by atoms with E-state index in [0.29, 0.717) is 5.92 Å². The smallest absolute Gasteiger partial charge is 0.257 e. The van der Waals surface area contributed by atoms with Crippen molar-refractivity contribution < 1.29 is 9.21 Å². The Morgan fingerprint density at radius 2 is 2.17 bits per heavy atom. The zero-order valence-corrected chi connectivity index (χ0v) is 13.8. The normalized spacial score (nSPS) is 20.8. The molecule has 1 amide bonds. The van der Waals surface area contributed by atoms with Crippen molar-refractivity contribution in [2.45, 2.75) is 51.9 Å². The molecule has 122 valence electrons. The summed E-state index contributed by atoms with van der Waals surface area (Å²) in [6.45, 7) is 5.57. The molecule has 1 atom stereocenters. The molecule has 2 aromatic rings. The molecule has 0 saturated carbocycles. The van der Waals surface area contributed by atoms with Gasteiger partial charge in [0.2, 0.25) is 0 Å². The van der Waals surface area contributed by atoms with E-state index in [1.54, 1.807) is 0 Å². The molecule has 1 aliphatic carbocycles. The van der Waals surface area contributed by atoms with Gasteiger partial charge in [-0.3, -0.25) is 9.89 Å². The van der Waals surface area contributed by atoms with Crippen molar-refractivity contribution in [3.8, 4) is 0 Å². The van der Waals surface area contributed by atoms with E-state index in [1.807, 2.05) is 18.0 Å². The summed E-state index contributed by atoms with van der Waals surface area (Å²) >= 11 is 0. The van der Waals surface area contributed by atoms with Crippen LogP contribution < -0.4 is 0 Å². The van der Waals surface area contributed by atoms with Crippen molar-refractivity contribution in [2.24, 2.45) is 0 Å². The minimum absolute atomic E-state index is 0.147. The molecule has 5 nitrogen and oxygen atoms in total. The number of aromatic nitrogens is 2. The Hall–Kier alpha value is -2.04. The summed E-state index contributed by atoms with van der Waals surface area (Å²) in [5.41, 5.74) is 4.36. The van der Waals surface area contributed by atoms with Crippen LogP contribution in [0.2, 0.25) is 0 Å². The Bertz CT molecular complexity index is 744. The molecule has 1 aliphatic heterocycles. The van der Waals surface area contributed by atoms with Gasteiger partial charge >= 0.3 is 0 Å². The average Bonchev–Trinajstić information content (AvgIpc) is 3.23. The Morgan fingerprint density at radius 3 is 2.96 bits per heavy atom. The third-order valence-corrected chi connectivity index (χ3v) is 5.31. The molecular weight excluding hydrogens is 290 g/mol. The summed E-state index contributed by atoms with van der Waals surface area (Å²) in [6.07, 6.45) is 7.12. The van der Waals surface area contributed by atoms with E-state index in [2.05, 4.69) is 17.1 Å². The fraction of sp³-hybridized carbons (Fsp3) is 0.556. The fourth-order valence-corrected chi connectivity index (χ4v) is 4.09. The standard InChI is InChI=1S/C18H23N3O2/c1-11-9-19-20-17(11)13-7-8-21(10-13)18(22)16-12(2)23-15-6-4-3-5-14(15)16/h9,13H,3-8,10H2,1-2H3,(H,19,20)/t13-/m1/s1. The van der Waals surface area contributed by atoms with Gasteiger partial charge in [-0.05, 0) is 45.1 Å². The lowest BCUT2D eigenvalue weighted by Gasteiger charge is -2.18. The Morgan fingerprint density at radius 1 is 1.35 bits per heavy atom. The number of furan rings is 1. The highest BCUT2D eigenvalue weighted by atomic mass is 16.3. The number of nitrogens with one attached hydrogen (secondary N) is 1. The van der Waals surface area contributed by atoms with Gasteiger partial charge in [-0.2, -0.15) is 5.10 Å². The molecule has 23 heavy (non-hydrogen) atoms. The summed E-state index contributed by atoms with van der Waals surface area (Å²) in [7, 11) is 0. The first kappa shape index (κ1) is 14.5. The second-order valence-corrected chi connectivity index (χ2v) is 6.85. The minimum Gasteiger partial charge on any atom is -0.465 e. The van der Waals surface area contributed by atoms with Crippen molar-refractivity contribution in [3.05, 3.63) is 40.1 Å².